The third-order valence-electron chi connectivity index (χ3n) is 5.50. The Morgan fingerprint density at radius 3 is 2.38 bits per heavy atom. The van der Waals surface area contributed by atoms with Crippen molar-refractivity contribution in [3.8, 4) is 17.0 Å². The van der Waals surface area contributed by atoms with Crippen molar-refractivity contribution in [3.63, 3.8) is 0 Å². The molecule has 0 radical (unpaired) electrons. The molecule has 0 aliphatic carbocycles. The first kappa shape index (κ1) is 22.4. The molecule has 1 N–H and O–H groups in total. The maximum absolute atomic E-state index is 13.4. The van der Waals surface area contributed by atoms with Gasteiger partial charge in [-0.15, -0.1) is 11.3 Å². The van der Waals surface area contributed by atoms with Gasteiger partial charge in [-0.1, -0.05) is 30.3 Å². The summed E-state index contributed by atoms with van der Waals surface area (Å²) in [5.74, 6) is 0.665. The number of nitrogens with zero attached hydrogens (tertiary/aromatic N) is 2. The largest absolute Gasteiger partial charge is 0.497 e. The van der Waals surface area contributed by atoms with Crippen LogP contribution in [0.4, 0.5) is 5.13 Å². The smallest absolute Gasteiger partial charge is 0.248 e. The highest BCUT2D eigenvalue weighted by Crippen LogP contribution is 2.32. The highest BCUT2D eigenvalue weighted by molar-refractivity contribution is 7.91. The van der Waals surface area contributed by atoms with E-state index in [4.69, 9.17) is 4.74 Å². The molecular weight excluding hydrogens is 446 g/mol. The number of carbonyl (C=O) groups is 1. The van der Waals surface area contributed by atoms with E-state index in [1.165, 1.54) is 11.3 Å². The average Bonchev–Trinajstić information content (AvgIpc) is 3.15. The molecule has 32 heavy (non-hydrogen) atoms. The second-order valence-corrected chi connectivity index (χ2v) is 11.1. The van der Waals surface area contributed by atoms with E-state index in [0.29, 0.717) is 18.2 Å². The van der Waals surface area contributed by atoms with Crippen molar-refractivity contribution in [1.82, 2.24) is 9.88 Å². The first-order chi connectivity index (χ1) is 15.4. The van der Waals surface area contributed by atoms with Crippen molar-refractivity contribution < 1.29 is 17.9 Å². The van der Waals surface area contributed by atoms with E-state index in [9.17, 15) is 13.2 Å². The molecule has 1 amide bonds. The molecule has 1 aliphatic rings. The number of methoxy groups -OCH3 is 1. The average molecular weight is 472 g/mol. The Morgan fingerprint density at radius 1 is 1.09 bits per heavy atom. The zero-order chi connectivity index (χ0) is 22.7. The molecule has 9 heteroatoms. The van der Waals surface area contributed by atoms with Crippen LogP contribution in [0.1, 0.15) is 16.5 Å². The van der Waals surface area contributed by atoms with Gasteiger partial charge < -0.3 is 10.1 Å². The molecule has 0 bridgehead atoms. The van der Waals surface area contributed by atoms with Crippen LogP contribution in [-0.2, 0) is 14.6 Å². The number of amides is 1. The second kappa shape index (κ2) is 9.40. The molecule has 0 saturated carbocycles. The summed E-state index contributed by atoms with van der Waals surface area (Å²) in [5.41, 5.74) is 2.59. The third-order valence-corrected chi connectivity index (χ3v) is 7.99. The molecule has 1 atom stereocenters. The molecule has 1 aliphatic heterocycles. The highest BCUT2D eigenvalue weighted by Gasteiger charge is 2.33. The topological polar surface area (TPSA) is 88.6 Å². The molecule has 2 aromatic carbocycles. The van der Waals surface area contributed by atoms with Gasteiger partial charge in [0.15, 0.2) is 15.0 Å². The van der Waals surface area contributed by atoms with Crippen molar-refractivity contribution in [1.29, 1.82) is 0 Å². The Balaban J connectivity index is 1.57. The number of benzene rings is 2. The fourth-order valence-corrected chi connectivity index (χ4v) is 5.86. The number of carbonyl (C=O) groups excluding carboxylic acids is 1. The van der Waals surface area contributed by atoms with Crippen LogP contribution in [-0.4, -0.2) is 55.9 Å². The number of nitrogens with one attached hydrogen (secondary N) is 1. The SMILES string of the molecule is COc1ccc(-c2nc(NC(=O)C(c3ccccc3)N3CCS(=O)(=O)CC3)sc2C)cc1. The fourth-order valence-electron chi connectivity index (χ4n) is 3.79. The highest BCUT2D eigenvalue weighted by atomic mass is 32.2. The number of aromatic nitrogens is 1. The lowest BCUT2D eigenvalue weighted by atomic mass is 10.0. The van der Waals surface area contributed by atoms with Gasteiger partial charge in [0.25, 0.3) is 0 Å². The second-order valence-electron chi connectivity index (χ2n) is 7.64. The summed E-state index contributed by atoms with van der Waals surface area (Å²) in [4.78, 5) is 20.9. The lowest BCUT2D eigenvalue weighted by molar-refractivity contribution is -0.121. The monoisotopic (exact) mass is 471 g/mol. The zero-order valence-electron chi connectivity index (χ0n) is 17.9. The third kappa shape index (κ3) is 5.01. The minimum atomic E-state index is -3.05. The van der Waals surface area contributed by atoms with Gasteiger partial charge in [0.05, 0.1) is 24.3 Å². The molecule has 1 aromatic heterocycles. The van der Waals surface area contributed by atoms with E-state index in [1.807, 2.05) is 66.4 Å². The molecule has 4 rings (SSSR count). The van der Waals surface area contributed by atoms with Crippen molar-refractivity contribution in [3.05, 3.63) is 65.0 Å². The Hall–Kier alpha value is -2.75. The molecule has 0 spiro atoms. The molecule has 2 heterocycles. The van der Waals surface area contributed by atoms with E-state index in [-0.39, 0.29) is 17.4 Å². The number of sulfone groups is 1. The van der Waals surface area contributed by atoms with Gasteiger partial charge >= 0.3 is 0 Å². The van der Waals surface area contributed by atoms with Crippen LogP contribution >= 0.6 is 11.3 Å². The van der Waals surface area contributed by atoms with E-state index in [2.05, 4.69) is 10.3 Å². The van der Waals surface area contributed by atoms with Crippen molar-refractivity contribution in [2.45, 2.75) is 13.0 Å². The number of aryl methyl sites for hydroxylation is 1. The van der Waals surface area contributed by atoms with Crippen molar-refractivity contribution in [2.24, 2.45) is 0 Å². The quantitative estimate of drug-likeness (QED) is 0.592. The lowest BCUT2D eigenvalue weighted by Crippen LogP contribution is -2.46. The Morgan fingerprint density at radius 2 is 1.75 bits per heavy atom. The van der Waals surface area contributed by atoms with Gasteiger partial charge in [-0.2, -0.15) is 0 Å². The normalized spacial score (nSPS) is 16.9. The first-order valence-electron chi connectivity index (χ1n) is 10.3. The van der Waals surface area contributed by atoms with Crippen LogP contribution in [0.15, 0.2) is 54.6 Å². The van der Waals surface area contributed by atoms with Gasteiger partial charge in [-0.3, -0.25) is 9.69 Å². The van der Waals surface area contributed by atoms with Crippen LogP contribution in [0.5, 0.6) is 5.75 Å². The summed E-state index contributed by atoms with van der Waals surface area (Å²) >= 11 is 1.42. The minimum Gasteiger partial charge on any atom is -0.497 e. The summed E-state index contributed by atoms with van der Waals surface area (Å²) in [6, 6.07) is 16.5. The summed E-state index contributed by atoms with van der Waals surface area (Å²) in [6.07, 6.45) is 0. The predicted molar refractivity (Wildman–Crippen MR) is 127 cm³/mol. The Bertz CT molecular complexity index is 1180. The standard InChI is InChI=1S/C23H25N3O4S2/c1-16-20(17-8-10-19(30-2)11-9-17)24-23(31-16)25-22(27)21(18-6-4-3-5-7-18)26-12-14-32(28,29)15-13-26/h3-11,21H,12-15H2,1-2H3,(H,24,25,27). The van der Waals surface area contributed by atoms with Gasteiger partial charge in [0.2, 0.25) is 5.91 Å². The Kier molecular flexibility index (Phi) is 6.59. The number of ether oxygens (including phenoxy) is 1. The van der Waals surface area contributed by atoms with Crippen LogP contribution in [0.25, 0.3) is 11.3 Å². The number of hydrogen-bond donors (Lipinski definition) is 1. The summed E-state index contributed by atoms with van der Waals surface area (Å²) < 4.78 is 29.0. The predicted octanol–water partition coefficient (Wildman–Crippen LogP) is 3.54. The zero-order valence-corrected chi connectivity index (χ0v) is 19.6. The van der Waals surface area contributed by atoms with Gasteiger partial charge in [0.1, 0.15) is 11.8 Å². The van der Waals surface area contributed by atoms with Gasteiger partial charge in [0, 0.05) is 23.5 Å². The van der Waals surface area contributed by atoms with Crippen molar-refractivity contribution >= 4 is 32.2 Å². The Labute approximate surface area is 192 Å². The maximum atomic E-state index is 13.4. The minimum absolute atomic E-state index is 0.0571. The van der Waals surface area contributed by atoms with E-state index in [1.54, 1.807) is 7.11 Å². The van der Waals surface area contributed by atoms with Gasteiger partial charge in [-0.25, -0.2) is 13.4 Å². The molecule has 7 nitrogen and oxygen atoms in total. The molecule has 1 saturated heterocycles. The summed E-state index contributed by atoms with van der Waals surface area (Å²) in [6.45, 7) is 2.61. The van der Waals surface area contributed by atoms with E-state index < -0.39 is 15.9 Å². The summed E-state index contributed by atoms with van der Waals surface area (Å²) in [7, 11) is -1.42. The molecular formula is C23H25N3O4S2. The molecule has 1 fully saturated rings. The fraction of sp³-hybridized carbons (Fsp3) is 0.304. The first-order valence-corrected chi connectivity index (χ1v) is 12.9. The summed E-state index contributed by atoms with van der Waals surface area (Å²) in [5, 5.41) is 3.48. The number of anilines is 1. The van der Waals surface area contributed by atoms with Crippen molar-refractivity contribution in [2.75, 3.05) is 37.0 Å². The van der Waals surface area contributed by atoms with E-state index in [0.717, 1.165) is 27.4 Å². The van der Waals surface area contributed by atoms with Gasteiger partial charge in [-0.05, 0) is 36.8 Å². The van der Waals surface area contributed by atoms with Crippen LogP contribution in [0.2, 0.25) is 0 Å². The van der Waals surface area contributed by atoms with Crippen LogP contribution < -0.4 is 10.1 Å². The molecule has 1 unspecified atom stereocenters. The number of thiazole rings is 1. The molecule has 3 aromatic rings. The molecule has 168 valence electrons. The van der Waals surface area contributed by atoms with Crippen LogP contribution in [0, 0.1) is 6.92 Å². The van der Waals surface area contributed by atoms with E-state index >= 15 is 0 Å². The van der Waals surface area contributed by atoms with Crippen LogP contribution in [0.3, 0.4) is 0 Å². The maximum Gasteiger partial charge on any atom is 0.248 e. The number of hydrogen-bond acceptors (Lipinski definition) is 7. The lowest BCUT2D eigenvalue weighted by Gasteiger charge is -2.33. The number of rotatable bonds is 6.